The van der Waals surface area contributed by atoms with Crippen LogP contribution < -0.4 is 0 Å². The molecule has 5 nitrogen and oxygen atoms in total. The molecule has 17 heavy (non-hydrogen) atoms. The maximum absolute atomic E-state index is 8.98. The summed E-state index contributed by atoms with van der Waals surface area (Å²) >= 11 is 0. The first-order valence-corrected chi connectivity index (χ1v) is 6.38. The van der Waals surface area contributed by atoms with Gasteiger partial charge in [-0.15, -0.1) is 0 Å². The molecule has 0 aromatic carbocycles. The highest BCUT2D eigenvalue weighted by Crippen LogP contribution is 2.37. The van der Waals surface area contributed by atoms with Crippen LogP contribution in [0.3, 0.4) is 0 Å². The molecule has 96 valence electrons. The molecule has 1 aliphatic rings. The normalized spacial score (nSPS) is 20.1. The van der Waals surface area contributed by atoms with Crippen LogP contribution in [0.4, 0.5) is 0 Å². The highest BCUT2D eigenvalue weighted by Gasteiger charge is 2.38. The summed E-state index contributed by atoms with van der Waals surface area (Å²) in [7, 11) is 0. The minimum absolute atomic E-state index is 0.213. The van der Waals surface area contributed by atoms with Crippen molar-refractivity contribution >= 4 is 0 Å². The van der Waals surface area contributed by atoms with E-state index in [0.29, 0.717) is 12.4 Å². The molecule has 0 atom stereocenters. The van der Waals surface area contributed by atoms with E-state index in [-0.39, 0.29) is 12.5 Å². The van der Waals surface area contributed by atoms with Crippen LogP contribution in [-0.4, -0.2) is 21.9 Å². The fraction of sp³-hybridized carbons (Fsp3) is 0.833. The maximum atomic E-state index is 8.98. The van der Waals surface area contributed by atoms with Crippen molar-refractivity contribution < 1.29 is 14.4 Å². The number of ether oxygens (including phenoxy) is 1. The second kappa shape index (κ2) is 5.60. The molecule has 0 spiro atoms. The predicted octanol–water partition coefficient (Wildman–Crippen LogP) is 2.15. The van der Waals surface area contributed by atoms with Gasteiger partial charge in [0.2, 0.25) is 5.82 Å². The number of aliphatic hydroxyl groups excluding tert-OH is 1. The van der Waals surface area contributed by atoms with Crippen molar-refractivity contribution in [3.63, 3.8) is 0 Å². The summed E-state index contributed by atoms with van der Waals surface area (Å²) in [5, 5.41) is 13.0. The van der Waals surface area contributed by atoms with Crippen LogP contribution in [0.15, 0.2) is 4.52 Å². The molecule has 5 heteroatoms. The molecule has 1 heterocycles. The lowest BCUT2D eigenvalue weighted by molar-refractivity contribution is -0.0636. The monoisotopic (exact) mass is 240 g/mol. The van der Waals surface area contributed by atoms with E-state index < -0.39 is 5.60 Å². The Morgan fingerprint density at radius 3 is 2.53 bits per heavy atom. The van der Waals surface area contributed by atoms with Gasteiger partial charge in [0, 0.05) is 6.61 Å². The van der Waals surface area contributed by atoms with E-state index in [1.807, 2.05) is 6.92 Å². The zero-order valence-corrected chi connectivity index (χ0v) is 10.3. The van der Waals surface area contributed by atoms with Crippen molar-refractivity contribution in [2.24, 2.45) is 0 Å². The van der Waals surface area contributed by atoms with Crippen LogP contribution in [0.1, 0.15) is 57.2 Å². The molecule has 2 rings (SSSR count). The third kappa shape index (κ3) is 2.66. The summed E-state index contributed by atoms with van der Waals surface area (Å²) in [6.07, 6.45) is 6.60. The number of nitrogens with zero attached hydrogens (tertiary/aromatic N) is 2. The predicted molar refractivity (Wildman–Crippen MR) is 61.2 cm³/mol. The van der Waals surface area contributed by atoms with Gasteiger partial charge < -0.3 is 14.4 Å². The van der Waals surface area contributed by atoms with E-state index in [1.54, 1.807) is 0 Å². The third-order valence-corrected chi connectivity index (χ3v) is 3.34. The van der Waals surface area contributed by atoms with Gasteiger partial charge in [0.05, 0.1) is 0 Å². The molecular weight excluding hydrogens is 220 g/mol. The maximum Gasteiger partial charge on any atom is 0.252 e. The van der Waals surface area contributed by atoms with Gasteiger partial charge in [-0.2, -0.15) is 4.98 Å². The SMILES string of the molecule is CCOC1(c2noc(CO)n2)CCCCCC1. The lowest BCUT2D eigenvalue weighted by atomic mass is 9.93. The van der Waals surface area contributed by atoms with E-state index >= 15 is 0 Å². The van der Waals surface area contributed by atoms with Gasteiger partial charge >= 0.3 is 0 Å². The molecule has 0 bridgehead atoms. The fourth-order valence-electron chi connectivity index (χ4n) is 2.51. The van der Waals surface area contributed by atoms with E-state index in [9.17, 15) is 0 Å². The Bertz CT molecular complexity index is 343. The van der Waals surface area contributed by atoms with Crippen LogP contribution in [0.2, 0.25) is 0 Å². The molecule has 0 amide bonds. The molecule has 1 aliphatic carbocycles. The first kappa shape index (κ1) is 12.5. The fourth-order valence-corrected chi connectivity index (χ4v) is 2.51. The summed E-state index contributed by atoms with van der Waals surface area (Å²) in [4.78, 5) is 4.23. The average Bonchev–Trinajstić information content (AvgIpc) is 2.71. The van der Waals surface area contributed by atoms with Crippen molar-refractivity contribution in [1.82, 2.24) is 10.1 Å². The summed E-state index contributed by atoms with van der Waals surface area (Å²) in [5.41, 5.74) is -0.401. The lowest BCUT2D eigenvalue weighted by Gasteiger charge is -2.29. The van der Waals surface area contributed by atoms with E-state index in [2.05, 4.69) is 10.1 Å². The number of aromatic nitrogens is 2. The van der Waals surface area contributed by atoms with Crippen molar-refractivity contribution in [1.29, 1.82) is 0 Å². The van der Waals surface area contributed by atoms with Gasteiger partial charge in [-0.05, 0) is 19.8 Å². The number of hydrogen-bond donors (Lipinski definition) is 1. The minimum Gasteiger partial charge on any atom is -0.387 e. The third-order valence-electron chi connectivity index (χ3n) is 3.34. The Labute approximate surface area is 101 Å². The minimum atomic E-state index is -0.401. The quantitative estimate of drug-likeness (QED) is 0.817. The van der Waals surface area contributed by atoms with Gasteiger partial charge in [-0.1, -0.05) is 30.8 Å². The molecule has 0 saturated heterocycles. The summed E-state index contributed by atoms with van der Waals surface area (Å²) in [6.45, 7) is 2.41. The van der Waals surface area contributed by atoms with Crippen LogP contribution >= 0.6 is 0 Å². The number of aliphatic hydroxyl groups is 1. The highest BCUT2D eigenvalue weighted by atomic mass is 16.5. The van der Waals surface area contributed by atoms with Crippen molar-refractivity contribution in [3.05, 3.63) is 11.7 Å². The van der Waals surface area contributed by atoms with Crippen LogP contribution in [0, 0.1) is 0 Å². The second-order valence-electron chi connectivity index (χ2n) is 4.51. The number of rotatable bonds is 4. The van der Waals surface area contributed by atoms with E-state index in [1.165, 1.54) is 12.8 Å². The molecule has 0 aliphatic heterocycles. The summed E-state index contributed by atoms with van der Waals surface area (Å²) in [5.74, 6) is 0.869. The molecule has 0 unspecified atom stereocenters. The Morgan fingerprint density at radius 1 is 1.29 bits per heavy atom. The van der Waals surface area contributed by atoms with E-state index in [0.717, 1.165) is 25.7 Å². The van der Waals surface area contributed by atoms with Crippen molar-refractivity contribution in [3.8, 4) is 0 Å². The van der Waals surface area contributed by atoms with Crippen molar-refractivity contribution in [2.75, 3.05) is 6.61 Å². The Morgan fingerprint density at radius 2 is 2.00 bits per heavy atom. The van der Waals surface area contributed by atoms with Crippen LogP contribution in [0.5, 0.6) is 0 Å². The lowest BCUT2D eigenvalue weighted by Crippen LogP contribution is -2.30. The van der Waals surface area contributed by atoms with Gasteiger partial charge in [0.25, 0.3) is 5.89 Å². The van der Waals surface area contributed by atoms with Gasteiger partial charge in [0.1, 0.15) is 12.2 Å². The average molecular weight is 240 g/mol. The summed E-state index contributed by atoms with van der Waals surface area (Å²) in [6, 6.07) is 0. The molecule has 1 N–H and O–H groups in total. The molecular formula is C12H20N2O3. The van der Waals surface area contributed by atoms with Crippen molar-refractivity contribution in [2.45, 2.75) is 57.7 Å². The van der Waals surface area contributed by atoms with Crippen LogP contribution in [-0.2, 0) is 16.9 Å². The summed E-state index contributed by atoms with van der Waals surface area (Å²) < 4.78 is 10.9. The molecule has 1 aromatic heterocycles. The van der Waals surface area contributed by atoms with Gasteiger partial charge in [-0.25, -0.2) is 0 Å². The molecule has 0 radical (unpaired) electrons. The topological polar surface area (TPSA) is 68.4 Å². The first-order valence-electron chi connectivity index (χ1n) is 6.38. The molecule has 1 fully saturated rings. The van der Waals surface area contributed by atoms with E-state index in [4.69, 9.17) is 14.4 Å². The second-order valence-corrected chi connectivity index (χ2v) is 4.51. The standard InChI is InChI=1S/C12H20N2O3/c1-2-16-12(7-5-3-4-6-8-12)11-13-10(9-15)17-14-11/h15H,2-9H2,1H3. The zero-order valence-electron chi connectivity index (χ0n) is 10.3. The highest BCUT2D eigenvalue weighted by molar-refractivity contribution is 5.02. The Hall–Kier alpha value is -0.940. The first-order chi connectivity index (χ1) is 8.30. The van der Waals surface area contributed by atoms with Gasteiger partial charge in [-0.3, -0.25) is 0 Å². The van der Waals surface area contributed by atoms with Gasteiger partial charge in [0.15, 0.2) is 0 Å². The molecule has 1 aromatic rings. The smallest absolute Gasteiger partial charge is 0.252 e. The Kier molecular flexibility index (Phi) is 4.12. The largest absolute Gasteiger partial charge is 0.387 e. The molecule has 1 saturated carbocycles. The Balaban J connectivity index is 2.24. The van der Waals surface area contributed by atoms with Crippen LogP contribution in [0.25, 0.3) is 0 Å². The zero-order chi connectivity index (χ0) is 12.1. The number of hydrogen-bond acceptors (Lipinski definition) is 5.